The molecule has 2 fully saturated rings. The zero-order chi connectivity index (χ0) is 9.10. The molecule has 0 aromatic rings. The minimum Gasteiger partial charge on any atom is -0.381 e. The second-order valence-corrected chi connectivity index (χ2v) is 4.50. The fourth-order valence-electron chi connectivity index (χ4n) is 2.32. The molecule has 76 valence electrons. The Morgan fingerprint density at radius 3 is 2.62 bits per heavy atom. The van der Waals surface area contributed by atoms with Crippen LogP contribution >= 0.6 is 0 Å². The number of hydrogen-bond acceptors (Lipinski definition) is 2. The van der Waals surface area contributed by atoms with Gasteiger partial charge in [-0.3, -0.25) is 0 Å². The van der Waals surface area contributed by atoms with Gasteiger partial charge in [0.25, 0.3) is 0 Å². The van der Waals surface area contributed by atoms with Gasteiger partial charge in [0.05, 0.1) is 6.10 Å². The number of nitrogens with one attached hydrogen (secondary N) is 1. The highest BCUT2D eigenvalue weighted by atomic mass is 16.5. The van der Waals surface area contributed by atoms with Crippen molar-refractivity contribution in [3.63, 3.8) is 0 Å². The van der Waals surface area contributed by atoms with Gasteiger partial charge < -0.3 is 10.1 Å². The average Bonchev–Trinajstić information content (AvgIpc) is 2.99. The van der Waals surface area contributed by atoms with Crippen LogP contribution in [0.15, 0.2) is 0 Å². The zero-order valence-corrected chi connectivity index (χ0v) is 8.59. The molecule has 1 N–H and O–H groups in total. The summed E-state index contributed by atoms with van der Waals surface area (Å²) in [6.07, 6.45) is 8.70. The third-order valence-corrected chi connectivity index (χ3v) is 3.39. The molecule has 2 heteroatoms. The van der Waals surface area contributed by atoms with E-state index >= 15 is 0 Å². The SMILES string of the molecule is COC1CCCCC1CNC1CC1. The highest BCUT2D eigenvalue weighted by Gasteiger charge is 2.27. The Kier molecular flexibility index (Phi) is 3.23. The summed E-state index contributed by atoms with van der Waals surface area (Å²) < 4.78 is 5.52. The van der Waals surface area contributed by atoms with Crippen LogP contribution in [0.4, 0.5) is 0 Å². The fraction of sp³-hybridized carbons (Fsp3) is 1.00. The minimum absolute atomic E-state index is 0.528. The van der Waals surface area contributed by atoms with Crippen LogP contribution in [-0.4, -0.2) is 25.8 Å². The summed E-state index contributed by atoms with van der Waals surface area (Å²) >= 11 is 0. The van der Waals surface area contributed by atoms with Crippen LogP contribution in [0.5, 0.6) is 0 Å². The van der Waals surface area contributed by atoms with Gasteiger partial charge >= 0.3 is 0 Å². The van der Waals surface area contributed by atoms with Crippen LogP contribution in [0.1, 0.15) is 38.5 Å². The van der Waals surface area contributed by atoms with Crippen molar-refractivity contribution in [2.75, 3.05) is 13.7 Å². The first-order valence-electron chi connectivity index (χ1n) is 5.66. The molecule has 0 heterocycles. The molecule has 0 spiro atoms. The van der Waals surface area contributed by atoms with Gasteiger partial charge in [-0.1, -0.05) is 12.8 Å². The van der Waals surface area contributed by atoms with Crippen molar-refractivity contribution in [2.24, 2.45) is 5.92 Å². The van der Waals surface area contributed by atoms with Crippen LogP contribution in [0.2, 0.25) is 0 Å². The maximum atomic E-state index is 5.52. The Labute approximate surface area is 81.0 Å². The quantitative estimate of drug-likeness (QED) is 0.719. The highest BCUT2D eigenvalue weighted by Crippen LogP contribution is 2.27. The largest absolute Gasteiger partial charge is 0.381 e. The smallest absolute Gasteiger partial charge is 0.0611 e. The van der Waals surface area contributed by atoms with E-state index in [9.17, 15) is 0 Å². The van der Waals surface area contributed by atoms with E-state index in [1.165, 1.54) is 45.1 Å². The van der Waals surface area contributed by atoms with E-state index in [1.807, 2.05) is 7.11 Å². The maximum Gasteiger partial charge on any atom is 0.0611 e. The lowest BCUT2D eigenvalue weighted by Gasteiger charge is -2.30. The standard InChI is InChI=1S/C11H21NO/c1-13-11-5-3-2-4-9(11)8-12-10-6-7-10/h9-12H,2-8H2,1H3. The predicted molar refractivity (Wildman–Crippen MR) is 53.8 cm³/mol. The van der Waals surface area contributed by atoms with Crippen molar-refractivity contribution in [1.82, 2.24) is 5.32 Å². The molecule has 0 aromatic carbocycles. The van der Waals surface area contributed by atoms with E-state index in [0.29, 0.717) is 6.10 Å². The van der Waals surface area contributed by atoms with E-state index in [0.717, 1.165) is 12.0 Å². The number of hydrogen-bond donors (Lipinski definition) is 1. The molecule has 2 unspecified atom stereocenters. The first-order valence-corrected chi connectivity index (χ1v) is 5.66. The number of ether oxygens (including phenoxy) is 1. The minimum atomic E-state index is 0.528. The van der Waals surface area contributed by atoms with Crippen LogP contribution in [0, 0.1) is 5.92 Å². The molecule has 13 heavy (non-hydrogen) atoms. The second-order valence-electron chi connectivity index (χ2n) is 4.50. The third kappa shape index (κ3) is 2.68. The molecular weight excluding hydrogens is 162 g/mol. The van der Waals surface area contributed by atoms with Gasteiger partial charge in [-0.05, 0) is 31.6 Å². The third-order valence-electron chi connectivity index (χ3n) is 3.39. The number of rotatable bonds is 4. The maximum absolute atomic E-state index is 5.52. The van der Waals surface area contributed by atoms with Crippen molar-refractivity contribution in [3.05, 3.63) is 0 Å². The molecule has 0 amide bonds. The molecule has 2 saturated carbocycles. The summed E-state index contributed by atoms with van der Waals surface area (Å²) in [4.78, 5) is 0. The molecule has 0 bridgehead atoms. The zero-order valence-electron chi connectivity index (χ0n) is 8.59. The summed E-state index contributed by atoms with van der Waals surface area (Å²) in [5.74, 6) is 0.777. The lowest BCUT2D eigenvalue weighted by molar-refractivity contribution is 0.0238. The van der Waals surface area contributed by atoms with Gasteiger partial charge in [-0.2, -0.15) is 0 Å². The molecule has 2 atom stereocenters. The highest BCUT2D eigenvalue weighted by molar-refractivity contribution is 4.84. The lowest BCUT2D eigenvalue weighted by Crippen LogP contribution is -2.35. The Morgan fingerprint density at radius 1 is 1.15 bits per heavy atom. The van der Waals surface area contributed by atoms with Crippen molar-refractivity contribution >= 4 is 0 Å². The summed E-state index contributed by atoms with van der Waals surface area (Å²) in [5.41, 5.74) is 0. The molecule has 2 nitrogen and oxygen atoms in total. The van der Waals surface area contributed by atoms with Gasteiger partial charge in [-0.25, -0.2) is 0 Å². The van der Waals surface area contributed by atoms with Gasteiger partial charge in [0.2, 0.25) is 0 Å². The van der Waals surface area contributed by atoms with E-state index in [1.54, 1.807) is 0 Å². The second kappa shape index (κ2) is 4.43. The van der Waals surface area contributed by atoms with Crippen LogP contribution in [0.3, 0.4) is 0 Å². The number of methoxy groups -OCH3 is 1. The molecule has 0 radical (unpaired) electrons. The monoisotopic (exact) mass is 183 g/mol. The van der Waals surface area contributed by atoms with E-state index in [2.05, 4.69) is 5.32 Å². The summed E-state index contributed by atoms with van der Waals surface area (Å²) in [6.45, 7) is 1.18. The molecule has 2 rings (SSSR count). The van der Waals surface area contributed by atoms with Gasteiger partial charge in [0.15, 0.2) is 0 Å². The van der Waals surface area contributed by atoms with E-state index in [-0.39, 0.29) is 0 Å². The normalized spacial score (nSPS) is 34.8. The first-order chi connectivity index (χ1) is 6.40. The molecule has 0 aliphatic heterocycles. The summed E-state index contributed by atoms with van der Waals surface area (Å²) in [6, 6.07) is 0.847. The molecular formula is C11H21NO. The molecule has 2 aliphatic rings. The van der Waals surface area contributed by atoms with E-state index < -0.39 is 0 Å². The summed E-state index contributed by atoms with van der Waals surface area (Å²) in [5, 5.41) is 3.61. The predicted octanol–water partition coefficient (Wildman–Crippen LogP) is 1.94. The van der Waals surface area contributed by atoms with Gasteiger partial charge in [0.1, 0.15) is 0 Å². The van der Waals surface area contributed by atoms with E-state index in [4.69, 9.17) is 4.74 Å². The average molecular weight is 183 g/mol. The van der Waals surface area contributed by atoms with Crippen LogP contribution in [-0.2, 0) is 4.74 Å². The van der Waals surface area contributed by atoms with Crippen molar-refractivity contribution in [2.45, 2.75) is 50.7 Å². The fourth-order valence-corrected chi connectivity index (χ4v) is 2.32. The first kappa shape index (κ1) is 9.47. The lowest BCUT2D eigenvalue weighted by atomic mass is 9.86. The van der Waals surface area contributed by atoms with Crippen LogP contribution in [0.25, 0.3) is 0 Å². The Morgan fingerprint density at radius 2 is 1.92 bits per heavy atom. The molecule has 0 saturated heterocycles. The van der Waals surface area contributed by atoms with Crippen LogP contribution < -0.4 is 5.32 Å². The molecule has 0 aromatic heterocycles. The Hall–Kier alpha value is -0.0800. The summed E-state index contributed by atoms with van der Waals surface area (Å²) in [7, 11) is 1.86. The Bertz CT molecular complexity index is 156. The van der Waals surface area contributed by atoms with Crippen molar-refractivity contribution in [1.29, 1.82) is 0 Å². The Balaban J connectivity index is 1.72. The molecule has 2 aliphatic carbocycles. The van der Waals surface area contributed by atoms with Gasteiger partial charge in [-0.15, -0.1) is 0 Å². The topological polar surface area (TPSA) is 21.3 Å². The van der Waals surface area contributed by atoms with Crippen molar-refractivity contribution < 1.29 is 4.74 Å². The van der Waals surface area contributed by atoms with Gasteiger partial charge in [0, 0.05) is 19.7 Å². The van der Waals surface area contributed by atoms with Crippen molar-refractivity contribution in [3.8, 4) is 0 Å².